The van der Waals surface area contributed by atoms with Crippen molar-refractivity contribution >= 4 is 30.0 Å². The molecule has 0 bridgehead atoms. The van der Waals surface area contributed by atoms with Crippen molar-refractivity contribution in [2.75, 3.05) is 19.0 Å². The Morgan fingerprint density at radius 1 is 1.36 bits per heavy atom. The Morgan fingerprint density at radius 3 is 2.73 bits per heavy atom. The molecule has 1 saturated heterocycles. The van der Waals surface area contributed by atoms with Gasteiger partial charge in [-0.3, -0.25) is 4.79 Å². The molecule has 0 aromatic heterocycles. The number of aryl methyl sites for hydroxylation is 1. The van der Waals surface area contributed by atoms with Crippen LogP contribution in [0.25, 0.3) is 0 Å². The molecule has 2 atom stereocenters. The molecular formula is C16H23ClN2O3. The fourth-order valence-corrected chi connectivity index (χ4v) is 2.61. The molecule has 1 amide bonds. The Labute approximate surface area is 137 Å². The Kier molecular flexibility index (Phi) is 6.84. The molecule has 1 aromatic rings. The Bertz CT molecular complexity index is 548. The van der Waals surface area contributed by atoms with Crippen molar-refractivity contribution in [2.24, 2.45) is 5.92 Å². The molecule has 0 spiro atoms. The number of hydrogen-bond donors (Lipinski definition) is 2. The number of nitrogens with one attached hydrogen (secondary N) is 2. The predicted octanol–water partition coefficient (Wildman–Crippen LogP) is 2.53. The van der Waals surface area contributed by atoms with Crippen LogP contribution in [0.2, 0.25) is 0 Å². The lowest BCUT2D eigenvalue weighted by atomic mass is 9.92. The van der Waals surface area contributed by atoms with E-state index in [4.69, 9.17) is 4.74 Å². The van der Waals surface area contributed by atoms with E-state index < -0.39 is 5.97 Å². The highest BCUT2D eigenvalue weighted by Crippen LogP contribution is 2.22. The summed E-state index contributed by atoms with van der Waals surface area (Å²) in [5.74, 6) is -0.364. The van der Waals surface area contributed by atoms with E-state index in [1.165, 1.54) is 7.11 Å². The van der Waals surface area contributed by atoms with Gasteiger partial charge in [-0.2, -0.15) is 0 Å². The zero-order chi connectivity index (χ0) is 15.4. The average molecular weight is 327 g/mol. The van der Waals surface area contributed by atoms with Gasteiger partial charge in [0.05, 0.1) is 12.7 Å². The van der Waals surface area contributed by atoms with Gasteiger partial charge in [-0.1, -0.05) is 6.07 Å². The fourth-order valence-electron chi connectivity index (χ4n) is 2.61. The van der Waals surface area contributed by atoms with Crippen LogP contribution in [0.5, 0.6) is 0 Å². The summed E-state index contributed by atoms with van der Waals surface area (Å²) < 4.78 is 4.71. The lowest BCUT2D eigenvalue weighted by molar-refractivity contribution is -0.120. The quantitative estimate of drug-likeness (QED) is 0.838. The molecular weight excluding hydrogens is 304 g/mol. The number of hydrogen-bond acceptors (Lipinski definition) is 4. The van der Waals surface area contributed by atoms with Crippen molar-refractivity contribution < 1.29 is 14.3 Å². The third-order valence-electron chi connectivity index (χ3n) is 3.91. The number of rotatable bonds is 3. The standard InChI is InChI=1S/C16H22N2O3.ClH/c1-10-4-5-13(16(20)21-3)9-14(10)18-15(19)12-6-7-17-11(2)8-12;/h4-5,9,11-12,17H,6-8H2,1-3H3,(H,18,19);1H/t11-,12-;/m0./s1. The molecule has 0 saturated carbocycles. The maximum atomic E-state index is 12.4. The number of ether oxygens (including phenoxy) is 1. The van der Waals surface area contributed by atoms with Crippen molar-refractivity contribution in [1.82, 2.24) is 5.32 Å². The van der Waals surface area contributed by atoms with Crippen LogP contribution >= 0.6 is 12.4 Å². The summed E-state index contributed by atoms with van der Waals surface area (Å²) in [6.45, 7) is 4.85. The number of carbonyl (C=O) groups excluding carboxylic acids is 2. The topological polar surface area (TPSA) is 67.4 Å². The van der Waals surface area contributed by atoms with Crippen molar-refractivity contribution in [3.05, 3.63) is 29.3 Å². The summed E-state index contributed by atoms with van der Waals surface area (Å²) in [5, 5.41) is 6.28. The zero-order valence-electron chi connectivity index (χ0n) is 13.1. The summed E-state index contributed by atoms with van der Waals surface area (Å²) >= 11 is 0. The maximum Gasteiger partial charge on any atom is 0.337 e. The number of esters is 1. The number of anilines is 1. The van der Waals surface area contributed by atoms with Gasteiger partial charge in [-0.05, 0) is 50.9 Å². The molecule has 0 radical (unpaired) electrons. The number of carbonyl (C=O) groups is 2. The van der Waals surface area contributed by atoms with Crippen LogP contribution in [0.3, 0.4) is 0 Å². The van der Waals surface area contributed by atoms with Crippen molar-refractivity contribution in [3.63, 3.8) is 0 Å². The van der Waals surface area contributed by atoms with Crippen LogP contribution in [0, 0.1) is 12.8 Å². The summed E-state index contributed by atoms with van der Waals surface area (Å²) in [5.41, 5.74) is 2.05. The molecule has 1 aromatic carbocycles. The van der Waals surface area contributed by atoms with E-state index in [0.717, 1.165) is 24.9 Å². The fraction of sp³-hybridized carbons (Fsp3) is 0.500. The van der Waals surface area contributed by atoms with Crippen molar-refractivity contribution in [1.29, 1.82) is 0 Å². The van der Waals surface area contributed by atoms with E-state index in [9.17, 15) is 9.59 Å². The summed E-state index contributed by atoms with van der Waals surface area (Å²) in [7, 11) is 1.34. The SMILES string of the molecule is COC(=O)c1ccc(C)c(NC(=O)[C@H]2CCN[C@@H](C)C2)c1.Cl. The molecule has 1 aliphatic rings. The van der Waals surface area contributed by atoms with Gasteiger partial charge in [0, 0.05) is 17.6 Å². The molecule has 1 heterocycles. The summed E-state index contributed by atoms with van der Waals surface area (Å²) in [6, 6.07) is 5.54. The predicted molar refractivity (Wildman–Crippen MR) is 88.6 cm³/mol. The van der Waals surface area contributed by atoms with Crippen molar-refractivity contribution in [3.8, 4) is 0 Å². The highest BCUT2D eigenvalue weighted by atomic mass is 35.5. The Hall–Kier alpha value is -1.59. The van der Waals surface area contributed by atoms with Gasteiger partial charge in [0.15, 0.2) is 0 Å². The largest absolute Gasteiger partial charge is 0.465 e. The molecule has 6 heteroatoms. The molecule has 1 fully saturated rings. The summed E-state index contributed by atoms with van der Waals surface area (Å²) in [4.78, 5) is 23.9. The number of amides is 1. The zero-order valence-corrected chi connectivity index (χ0v) is 14.0. The van der Waals surface area contributed by atoms with Crippen LogP contribution in [0.4, 0.5) is 5.69 Å². The molecule has 122 valence electrons. The molecule has 22 heavy (non-hydrogen) atoms. The Balaban J connectivity index is 0.00000242. The number of halogens is 1. The van der Waals surface area contributed by atoms with E-state index in [2.05, 4.69) is 17.6 Å². The van der Waals surface area contributed by atoms with E-state index in [1.807, 2.05) is 13.0 Å². The number of piperidine rings is 1. The molecule has 1 aliphatic heterocycles. The third-order valence-corrected chi connectivity index (χ3v) is 3.91. The molecule has 2 N–H and O–H groups in total. The second-order valence-corrected chi connectivity index (χ2v) is 5.59. The molecule has 0 aliphatic carbocycles. The third kappa shape index (κ3) is 4.45. The van der Waals surface area contributed by atoms with Crippen LogP contribution in [-0.4, -0.2) is 31.6 Å². The normalized spacial score (nSPS) is 20.7. The van der Waals surface area contributed by atoms with Gasteiger partial charge in [-0.25, -0.2) is 4.79 Å². The first-order valence-corrected chi connectivity index (χ1v) is 7.24. The van der Waals surface area contributed by atoms with Gasteiger partial charge >= 0.3 is 5.97 Å². The minimum absolute atomic E-state index is 0. The highest BCUT2D eigenvalue weighted by molar-refractivity contribution is 5.96. The first-order chi connectivity index (χ1) is 10.0. The van der Waals surface area contributed by atoms with Gasteiger partial charge in [-0.15, -0.1) is 12.4 Å². The van der Waals surface area contributed by atoms with Gasteiger partial charge in [0.25, 0.3) is 0 Å². The first-order valence-electron chi connectivity index (χ1n) is 7.24. The number of benzene rings is 1. The van der Waals surface area contributed by atoms with Crippen molar-refractivity contribution in [2.45, 2.75) is 32.7 Å². The van der Waals surface area contributed by atoms with Gasteiger partial charge < -0.3 is 15.4 Å². The monoisotopic (exact) mass is 326 g/mol. The van der Waals surface area contributed by atoms with Crippen LogP contribution in [-0.2, 0) is 9.53 Å². The van der Waals surface area contributed by atoms with E-state index >= 15 is 0 Å². The minimum atomic E-state index is -0.402. The first kappa shape index (κ1) is 18.5. The minimum Gasteiger partial charge on any atom is -0.465 e. The molecule has 2 rings (SSSR count). The highest BCUT2D eigenvalue weighted by Gasteiger charge is 2.25. The lowest BCUT2D eigenvalue weighted by Gasteiger charge is -2.27. The lowest BCUT2D eigenvalue weighted by Crippen LogP contribution is -2.40. The van der Waals surface area contributed by atoms with Crippen LogP contribution < -0.4 is 10.6 Å². The molecule has 0 unspecified atom stereocenters. The summed E-state index contributed by atoms with van der Waals surface area (Å²) in [6.07, 6.45) is 1.67. The van der Waals surface area contributed by atoms with E-state index in [-0.39, 0.29) is 24.2 Å². The van der Waals surface area contributed by atoms with Crippen LogP contribution in [0.1, 0.15) is 35.7 Å². The van der Waals surface area contributed by atoms with E-state index in [1.54, 1.807) is 12.1 Å². The smallest absolute Gasteiger partial charge is 0.337 e. The van der Waals surface area contributed by atoms with E-state index in [0.29, 0.717) is 17.3 Å². The average Bonchev–Trinajstić information content (AvgIpc) is 2.48. The van der Waals surface area contributed by atoms with Gasteiger partial charge in [0.1, 0.15) is 0 Å². The van der Waals surface area contributed by atoms with Crippen LogP contribution in [0.15, 0.2) is 18.2 Å². The Morgan fingerprint density at radius 2 is 2.09 bits per heavy atom. The number of methoxy groups -OCH3 is 1. The van der Waals surface area contributed by atoms with Gasteiger partial charge in [0.2, 0.25) is 5.91 Å². The molecule has 5 nitrogen and oxygen atoms in total. The second-order valence-electron chi connectivity index (χ2n) is 5.59. The maximum absolute atomic E-state index is 12.4. The second kappa shape index (κ2) is 8.15.